The molecule has 0 aromatic heterocycles. The zero-order valence-corrected chi connectivity index (χ0v) is 16.9. The molecule has 0 spiro atoms. The Morgan fingerprint density at radius 2 is 1.53 bits per heavy atom. The second-order valence-corrected chi connectivity index (χ2v) is 8.18. The van der Waals surface area contributed by atoms with Crippen LogP contribution >= 0.6 is 0 Å². The predicted molar refractivity (Wildman–Crippen MR) is 109 cm³/mol. The van der Waals surface area contributed by atoms with Crippen LogP contribution in [0.4, 0.5) is 8.78 Å². The number of halogens is 2. The largest absolute Gasteiger partial charge is 0.328 e. The summed E-state index contributed by atoms with van der Waals surface area (Å²) in [6.07, 6.45) is 6.10. The van der Waals surface area contributed by atoms with Crippen molar-refractivity contribution in [3.05, 3.63) is 71.3 Å². The lowest BCUT2D eigenvalue weighted by Gasteiger charge is -2.43. The van der Waals surface area contributed by atoms with Crippen molar-refractivity contribution < 1.29 is 18.4 Å². The topological polar surface area (TPSA) is 40.6 Å². The zero-order valence-electron chi connectivity index (χ0n) is 16.9. The average molecular weight is 412 g/mol. The number of piperazine rings is 1. The van der Waals surface area contributed by atoms with Crippen LogP contribution in [0, 0.1) is 11.6 Å². The quantitative estimate of drug-likeness (QED) is 0.689. The van der Waals surface area contributed by atoms with Crippen molar-refractivity contribution in [2.24, 2.45) is 0 Å². The van der Waals surface area contributed by atoms with Crippen LogP contribution in [0.1, 0.15) is 55.7 Å². The van der Waals surface area contributed by atoms with Crippen LogP contribution in [0.5, 0.6) is 0 Å². The molecule has 1 saturated carbocycles. The Balaban J connectivity index is 1.68. The molecule has 6 heteroatoms. The van der Waals surface area contributed by atoms with Gasteiger partial charge in [0.05, 0.1) is 0 Å². The average Bonchev–Trinajstić information content (AvgIpc) is 3.02. The lowest BCUT2D eigenvalue weighted by molar-refractivity contribution is -0.159. The van der Waals surface area contributed by atoms with E-state index in [0.29, 0.717) is 5.56 Å². The van der Waals surface area contributed by atoms with E-state index in [1.165, 1.54) is 23.1 Å². The van der Waals surface area contributed by atoms with Gasteiger partial charge in [-0.15, -0.1) is 0 Å². The first-order valence-corrected chi connectivity index (χ1v) is 10.6. The number of rotatable bonds is 4. The molecule has 1 heterocycles. The molecule has 2 fully saturated rings. The molecule has 30 heavy (non-hydrogen) atoms. The Hall–Kier alpha value is -2.76. The van der Waals surface area contributed by atoms with E-state index in [-0.39, 0.29) is 42.3 Å². The second-order valence-electron chi connectivity index (χ2n) is 8.18. The minimum absolute atomic E-state index is 0.00957. The summed E-state index contributed by atoms with van der Waals surface area (Å²) >= 11 is 0. The van der Waals surface area contributed by atoms with E-state index in [0.717, 1.165) is 38.5 Å². The van der Waals surface area contributed by atoms with Crippen LogP contribution in [0.3, 0.4) is 0 Å². The number of carbonyl (C=O) groups is 2. The number of benzene rings is 2. The third-order valence-electron chi connectivity index (χ3n) is 6.19. The van der Waals surface area contributed by atoms with E-state index < -0.39 is 11.9 Å². The highest BCUT2D eigenvalue weighted by Gasteiger charge is 2.43. The van der Waals surface area contributed by atoms with Gasteiger partial charge < -0.3 is 9.80 Å². The van der Waals surface area contributed by atoms with Crippen molar-refractivity contribution in [3.63, 3.8) is 0 Å². The number of hydrogen-bond donors (Lipinski definition) is 0. The predicted octanol–water partition coefficient (Wildman–Crippen LogP) is 4.60. The van der Waals surface area contributed by atoms with E-state index in [4.69, 9.17) is 0 Å². The highest BCUT2D eigenvalue weighted by molar-refractivity contribution is 5.95. The monoisotopic (exact) mass is 412 g/mol. The fourth-order valence-corrected chi connectivity index (χ4v) is 4.59. The lowest BCUT2D eigenvalue weighted by Crippen LogP contribution is -2.58. The summed E-state index contributed by atoms with van der Waals surface area (Å²) in [5.74, 6) is -1.31. The summed E-state index contributed by atoms with van der Waals surface area (Å²) in [5.41, 5.74) is 0.901. The molecular formula is C24H26F2N2O2. The maximum Gasteiger partial charge on any atom is 0.250 e. The standard InChI is InChI=1S/C24H26F2N2O2/c25-18-13-11-17(12-14-18)15-28-22(29)16-27(19-7-3-1-2-4-8-19)24(30)23(28)20-9-5-6-10-21(20)26/h5-6,9-14,19,23H,1-4,7-8,15-16H2/t23-/m0/s1. The summed E-state index contributed by atoms with van der Waals surface area (Å²) in [6.45, 7) is 0.137. The molecule has 2 aliphatic rings. The van der Waals surface area contributed by atoms with Gasteiger partial charge in [-0.25, -0.2) is 8.78 Å². The summed E-state index contributed by atoms with van der Waals surface area (Å²) in [4.78, 5) is 29.9. The summed E-state index contributed by atoms with van der Waals surface area (Å²) in [6, 6.07) is 11.0. The molecule has 1 aliphatic carbocycles. The third-order valence-corrected chi connectivity index (χ3v) is 6.19. The Kier molecular flexibility index (Phi) is 6.11. The highest BCUT2D eigenvalue weighted by atomic mass is 19.1. The van der Waals surface area contributed by atoms with Crippen molar-refractivity contribution in [1.29, 1.82) is 0 Å². The Morgan fingerprint density at radius 3 is 2.20 bits per heavy atom. The van der Waals surface area contributed by atoms with Crippen molar-refractivity contribution in [1.82, 2.24) is 9.80 Å². The van der Waals surface area contributed by atoms with Crippen molar-refractivity contribution in [2.75, 3.05) is 6.54 Å². The van der Waals surface area contributed by atoms with E-state index in [1.54, 1.807) is 35.2 Å². The number of hydrogen-bond acceptors (Lipinski definition) is 2. The van der Waals surface area contributed by atoms with Crippen molar-refractivity contribution in [3.8, 4) is 0 Å². The van der Waals surface area contributed by atoms with Gasteiger partial charge in [0.15, 0.2) is 0 Å². The normalized spacial score (nSPS) is 21.1. The molecule has 4 nitrogen and oxygen atoms in total. The van der Waals surface area contributed by atoms with Crippen LogP contribution in [-0.2, 0) is 16.1 Å². The maximum atomic E-state index is 14.7. The molecule has 2 amide bonds. The lowest BCUT2D eigenvalue weighted by atomic mass is 9.96. The van der Waals surface area contributed by atoms with Crippen LogP contribution in [0.15, 0.2) is 48.5 Å². The van der Waals surface area contributed by atoms with Gasteiger partial charge in [-0.2, -0.15) is 0 Å². The van der Waals surface area contributed by atoms with Gasteiger partial charge in [0.1, 0.15) is 24.2 Å². The van der Waals surface area contributed by atoms with Gasteiger partial charge in [-0.3, -0.25) is 9.59 Å². The highest BCUT2D eigenvalue weighted by Crippen LogP contribution is 2.34. The molecule has 0 bridgehead atoms. The maximum absolute atomic E-state index is 14.7. The molecular weight excluding hydrogens is 386 g/mol. The Morgan fingerprint density at radius 1 is 0.867 bits per heavy atom. The molecule has 0 unspecified atom stereocenters. The van der Waals surface area contributed by atoms with E-state index >= 15 is 0 Å². The molecule has 158 valence electrons. The Bertz CT molecular complexity index is 908. The molecule has 0 radical (unpaired) electrons. The van der Waals surface area contributed by atoms with Gasteiger partial charge in [0, 0.05) is 18.2 Å². The number of amides is 2. The Labute approximate surface area is 175 Å². The molecule has 2 aromatic rings. The molecule has 0 N–H and O–H groups in total. The zero-order chi connectivity index (χ0) is 21.1. The fraction of sp³-hybridized carbons (Fsp3) is 0.417. The second kappa shape index (κ2) is 8.94. The smallest absolute Gasteiger partial charge is 0.250 e. The molecule has 4 rings (SSSR count). The molecule has 1 saturated heterocycles. The van der Waals surface area contributed by atoms with Crippen LogP contribution in [0.25, 0.3) is 0 Å². The first-order chi connectivity index (χ1) is 14.5. The van der Waals surface area contributed by atoms with Crippen LogP contribution in [0.2, 0.25) is 0 Å². The van der Waals surface area contributed by atoms with E-state index in [2.05, 4.69) is 0 Å². The summed E-state index contributed by atoms with van der Waals surface area (Å²) in [7, 11) is 0. The molecule has 1 aliphatic heterocycles. The fourth-order valence-electron chi connectivity index (χ4n) is 4.59. The minimum Gasteiger partial charge on any atom is -0.328 e. The first kappa shape index (κ1) is 20.5. The molecule has 2 aromatic carbocycles. The van der Waals surface area contributed by atoms with Gasteiger partial charge in [0.2, 0.25) is 5.91 Å². The van der Waals surface area contributed by atoms with E-state index in [9.17, 15) is 18.4 Å². The van der Waals surface area contributed by atoms with Crippen LogP contribution in [-0.4, -0.2) is 34.2 Å². The van der Waals surface area contributed by atoms with Gasteiger partial charge in [0.25, 0.3) is 5.91 Å². The van der Waals surface area contributed by atoms with Gasteiger partial charge in [-0.05, 0) is 36.6 Å². The number of carbonyl (C=O) groups excluding carboxylic acids is 2. The minimum atomic E-state index is -1.01. The summed E-state index contributed by atoms with van der Waals surface area (Å²) in [5, 5.41) is 0. The molecule has 1 atom stereocenters. The van der Waals surface area contributed by atoms with E-state index in [1.807, 2.05) is 0 Å². The third kappa shape index (κ3) is 4.23. The summed E-state index contributed by atoms with van der Waals surface area (Å²) < 4.78 is 28.0. The van der Waals surface area contributed by atoms with Crippen molar-refractivity contribution >= 4 is 11.8 Å². The first-order valence-electron chi connectivity index (χ1n) is 10.6. The SMILES string of the molecule is O=C1[C@H](c2ccccc2F)N(Cc2ccc(F)cc2)C(=O)CN1C1CCCCCC1. The van der Waals surface area contributed by atoms with Crippen molar-refractivity contribution in [2.45, 2.75) is 57.2 Å². The van der Waals surface area contributed by atoms with Gasteiger partial charge >= 0.3 is 0 Å². The van der Waals surface area contributed by atoms with Crippen LogP contribution < -0.4 is 0 Å². The number of nitrogens with zero attached hydrogens (tertiary/aromatic N) is 2. The van der Waals surface area contributed by atoms with Gasteiger partial charge in [-0.1, -0.05) is 56.0 Å².